The zero-order valence-corrected chi connectivity index (χ0v) is 19.7. The van der Waals surface area contributed by atoms with E-state index in [1.165, 1.54) is 16.4 Å². The highest BCUT2D eigenvalue weighted by molar-refractivity contribution is 9.10. The van der Waals surface area contributed by atoms with E-state index in [-0.39, 0.29) is 35.0 Å². The Bertz CT molecular complexity index is 1340. The number of para-hydroxylation sites is 3. The largest absolute Gasteiger partial charge is 0.455 e. The summed E-state index contributed by atoms with van der Waals surface area (Å²) < 4.78 is 46.5. The molecule has 5 rings (SSSR count). The Labute approximate surface area is 199 Å². The van der Waals surface area contributed by atoms with Gasteiger partial charge in [-0.05, 0) is 46.3 Å². The third-order valence-electron chi connectivity index (χ3n) is 5.29. The van der Waals surface area contributed by atoms with Gasteiger partial charge in [0.1, 0.15) is 16.4 Å². The summed E-state index contributed by atoms with van der Waals surface area (Å²) >= 11 is 3.43. The Hall–Kier alpha value is -2.92. The number of carbonyl (C=O) groups is 1. The summed E-state index contributed by atoms with van der Waals surface area (Å²) in [5.41, 5.74) is 0.585. The van der Waals surface area contributed by atoms with E-state index < -0.39 is 15.9 Å². The van der Waals surface area contributed by atoms with Crippen molar-refractivity contribution >= 4 is 37.5 Å². The number of nitrogens with zero attached hydrogens (tertiary/aromatic N) is 1. The Balaban J connectivity index is 1.67. The van der Waals surface area contributed by atoms with Crippen LogP contribution >= 0.6 is 15.9 Å². The van der Waals surface area contributed by atoms with Gasteiger partial charge in [-0.25, -0.2) is 8.42 Å². The molecule has 0 spiro atoms. The van der Waals surface area contributed by atoms with Crippen LogP contribution in [0.1, 0.15) is 10.4 Å². The summed E-state index contributed by atoms with van der Waals surface area (Å²) in [5, 5.41) is 2.77. The van der Waals surface area contributed by atoms with Gasteiger partial charge in [-0.1, -0.05) is 24.3 Å². The maximum absolute atomic E-state index is 13.6. The van der Waals surface area contributed by atoms with Crippen molar-refractivity contribution in [3.05, 3.63) is 70.7 Å². The number of carbonyl (C=O) groups excluding carboxylic acids is 1. The number of fused-ring (bicyclic) bond motifs is 2. The fourth-order valence-electron chi connectivity index (χ4n) is 3.62. The van der Waals surface area contributed by atoms with Crippen LogP contribution in [-0.2, 0) is 14.8 Å². The molecular formula is C23H19BrN2O6S. The lowest BCUT2D eigenvalue weighted by Gasteiger charge is -2.27. The van der Waals surface area contributed by atoms with Crippen molar-refractivity contribution in [1.29, 1.82) is 0 Å². The molecule has 1 fully saturated rings. The van der Waals surface area contributed by atoms with Gasteiger partial charge < -0.3 is 19.5 Å². The molecule has 170 valence electrons. The molecule has 0 radical (unpaired) electrons. The van der Waals surface area contributed by atoms with Crippen molar-refractivity contribution in [2.24, 2.45) is 0 Å². The van der Waals surface area contributed by atoms with E-state index in [1.807, 2.05) is 6.07 Å². The summed E-state index contributed by atoms with van der Waals surface area (Å²) in [6.45, 7) is 1.01. The first-order chi connectivity index (χ1) is 15.9. The molecule has 3 aromatic carbocycles. The minimum absolute atomic E-state index is 0.0549. The highest BCUT2D eigenvalue weighted by Crippen LogP contribution is 2.42. The number of anilines is 1. The number of nitrogens with one attached hydrogen (secondary N) is 1. The van der Waals surface area contributed by atoms with Crippen molar-refractivity contribution in [3.8, 4) is 23.0 Å². The first-order valence-corrected chi connectivity index (χ1v) is 12.4. The Morgan fingerprint density at radius 1 is 0.939 bits per heavy atom. The van der Waals surface area contributed by atoms with Crippen LogP contribution in [0, 0.1) is 0 Å². The number of hydrogen-bond donors (Lipinski definition) is 1. The molecule has 1 amide bonds. The van der Waals surface area contributed by atoms with Gasteiger partial charge >= 0.3 is 0 Å². The first kappa shape index (κ1) is 21.9. The summed E-state index contributed by atoms with van der Waals surface area (Å²) in [4.78, 5) is 12.9. The minimum Gasteiger partial charge on any atom is -0.455 e. The second-order valence-electron chi connectivity index (χ2n) is 7.40. The molecule has 1 N–H and O–H groups in total. The molecule has 33 heavy (non-hydrogen) atoms. The zero-order chi connectivity index (χ0) is 23.0. The topological polar surface area (TPSA) is 94.2 Å². The number of rotatable bonds is 4. The van der Waals surface area contributed by atoms with E-state index in [0.717, 1.165) is 0 Å². The minimum atomic E-state index is -3.98. The summed E-state index contributed by atoms with van der Waals surface area (Å²) in [6.07, 6.45) is 0. The maximum Gasteiger partial charge on any atom is 0.259 e. The predicted octanol–water partition coefficient (Wildman–Crippen LogP) is 4.62. The fourth-order valence-corrected chi connectivity index (χ4v) is 5.52. The Morgan fingerprint density at radius 2 is 1.67 bits per heavy atom. The van der Waals surface area contributed by atoms with E-state index >= 15 is 0 Å². The highest BCUT2D eigenvalue weighted by Gasteiger charge is 2.33. The van der Waals surface area contributed by atoms with Crippen LogP contribution in [0.3, 0.4) is 0 Å². The van der Waals surface area contributed by atoms with Gasteiger partial charge in [-0.3, -0.25) is 4.79 Å². The molecule has 3 aromatic rings. The van der Waals surface area contributed by atoms with Crippen molar-refractivity contribution in [2.75, 3.05) is 31.6 Å². The molecule has 0 aromatic heterocycles. The van der Waals surface area contributed by atoms with Crippen LogP contribution in [0.4, 0.5) is 5.69 Å². The molecule has 0 aliphatic carbocycles. The molecule has 8 nitrogen and oxygen atoms in total. The predicted molar refractivity (Wildman–Crippen MR) is 125 cm³/mol. The van der Waals surface area contributed by atoms with E-state index in [0.29, 0.717) is 34.9 Å². The van der Waals surface area contributed by atoms with Gasteiger partial charge in [0.2, 0.25) is 10.0 Å². The third-order valence-corrected chi connectivity index (χ3v) is 7.87. The van der Waals surface area contributed by atoms with Gasteiger partial charge in [-0.2, -0.15) is 4.31 Å². The molecule has 1 saturated heterocycles. The van der Waals surface area contributed by atoms with Gasteiger partial charge in [0, 0.05) is 19.2 Å². The Kier molecular flexibility index (Phi) is 5.83. The zero-order valence-electron chi connectivity index (χ0n) is 17.3. The lowest BCUT2D eigenvalue weighted by Crippen LogP contribution is -2.40. The van der Waals surface area contributed by atoms with Crippen molar-refractivity contribution < 1.29 is 27.4 Å². The van der Waals surface area contributed by atoms with Crippen LogP contribution in [0.25, 0.3) is 0 Å². The molecule has 0 unspecified atom stereocenters. The molecule has 0 atom stereocenters. The molecule has 2 aliphatic heterocycles. The first-order valence-electron chi connectivity index (χ1n) is 10.2. The van der Waals surface area contributed by atoms with Gasteiger partial charge in [-0.15, -0.1) is 0 Å². The van der Waals surface area contributed by atoms with E-state index in [9.17, 15) is 13.2 Å². The number of benzene rings is 3. The maximum atomic E-state index is 13.6. The number of halogens is 1. The average molecular weight is 531 g/mol. The number of sulfonamides is 1. The normalized spacial score (nSPS) is 16.1. The molecule has 0 saturated carbocycles. The van der Waals surface area contributed by atoms with Crippen LogP contribution in [-0.4, -0.2) is 44.9 Å². The smallest absolute Gasteiger partial charge is 0.259 e. The second kappa shape index (κ2) is 8.79. The summed E-state index contributed by atoms with van der Waals surface area (Å²) in [7, 11) is -3.98. The van der Waals surface area contributed by atoms with Crippen LogP contribution < -0.4 is 14.8 Å². The monoisotopic (exact) mass is 530 g/mol. The molecule has 0 bridgehead atoms. The van der Waals surface area contributed by atoms with Crippen molar-refractivity contribution in [2.45, 2.75) is 4.90 Å². The summed E-state index contributed by atoms with van der Waals surface area (Å²) in [5.74, 6) is 0.648. The highest BCUT2D eigenvalue weighted by atomic mass is 79.9. The summed E-state index contributed by atoms with van der Waals surface area (Å²) in [6, 6.07) is 16.8. The van der Waals surface area contributed by atoms with Crippen molar-refractivity contribution in [3.63, 3.8) is 0 Å². The fraction of sp³-hybridized carbons (Fsp3) is 0.174. The van der Waals surface area contributed by atoms with Gasteiger partial charge in [0.25, 0.3) is 5.91 Å². The quantitative estimate of drug-likeness (QED) is 0.528. The lowest BCUT2D eigenvalue weighted by molar-refractivity contribution is 0.0729. The van der Waals surface area contributed by atoms with Crippen LogP contribution in [0.5, 0.6) is 23.0 Å². The molecule has 2 aliphatic rings. The lowest BCUT2D eigenvalue weighted by atomic mass is 10.1. The number of hydrogen-bond acceptors (Lipinski definition) is 6. The van der Waals surface area contributed by atoms with E-state index in [2.05, 4.69) is 21.2 Å². The van der Waals surface area contributed by atoms with Crippen molar-refractivity contribution in [1.82, 2.24) is 4.31 Å². The van der Waals surface area contributed by atoms with Gasteiger partial charge in [0.15, 0.2) is 11.5 Å². The standard InChI is InChI=1S/C23H19BrN2O6S/c24-16-5-1-3-7-18(16)31-21-14-20-15(23(27)25-17-6-2-4-8-19(17)32-20)13-22(21)33(28,29)26-9-11-30-12-10-26/h1-8,13-14H,9-12H2,(H,25,27). The SMILES string of the molecule is O=C1Nc2ccccc2Oc2cc(Oc3ccccc3Br)c(S(=O)(=O)N3CCOCC3)cc21. The van der Waals surface area contributed by atoms with E-state index in [4.69, 9.17) is 14.2 Å². The molecule has 10 heteroatoms. The van der Waals surface area contributed by atoms with Crippen LogP contribution in [0.2, 0.25) is 0 Å². The Morgan fingerprint density at radius 3 is 2.45 bits per heavy atom. The molecule has 2 heterocycles. The number of amides is 1. The molecular weight excluding hydrogens is 512 g/mol. The number of ether oxygens (including phenoxy) is 3. The van der Waals surface area contributed by atoms with Gasteiger partial charge in [0.05, 0.1) is 28.9 Å². The average Bonchev–Trinajstić information content (AvgIpc) is 2.96. The van der Waals surface area contributed by atoms with Crippen LogP contribution in [0.15, 0.2) is 70.0 Å². The second-order valence-corrected chi connectivity index (χ2v) is 10.2. The number of morpholine rings is 1. The van der Waals surface area contributed by atoms with E-state index in [1.54, 1.807) is 42.5 Å². The third kappa shape index (κ3) is 4.22.